The Balaban J connectivity index is 1.80. The van der Waals surface area contributed by atoms with Crippen LogP contribution in [0, 0.1) is 6.92 Å². The smallest absolute Gasteiger partial charge is 0.254 e. The van der Waals surface area contributed by atoms with E-state index in [1.54, 1.807) is 0 Å². The number of carbonyl (C=O) groups excluding carboxylic acids is 2. The number of hydrogen-bond donors (Lipinski definition) is 1. The fourth-order valence-corrected chi connectivity index (χ4v) is 4.75. The van der Waals surface area contributed by atoms with Crippen LogP contribution in [0.4, 0.5) is 5.69 Å². The van der Waals surface area contributed by atoms with Crippen molar-refractivity contribution >= 4 is 38.9 Å². The number of alkyl halides is 1. The Labute approximate surface area is 197 Å². The van der Waals surface area contributed by atoms with Crippen LogP contribution in [0.25, 0.3) is 5.57 Å². The normalized spacial score (nSPS) is 14.0. The predicted octanol–water partition coefficient (Wildman–Crippen LogP) is 5.57. The summed E-state index contributed by atoms with van der Waals surface area (Å²) in [5.74, 6) is -0.363. The molecule has 1 atom stereocenters. The van der Waals surface area contributed by atoms with Gasteiger partial charge in [0.2, 0.25) is 0 Å². The average Bonchev–Trinajstić information content (AvgIpc) is 2.81. The second kappa shape index (κ2) is 9.53. The largest absolute Gasteiger partial charge is 0.339 e. The second-order valence-electron chi connectivity index (χ2n) is 7.97. The number of aryl methyl sites for hydroxylation is 1. The average molecular weight is 489 g/mol. The summed E-state index contributed by atoms with van der Waals surface area (Å²) in [6, 6.07) is 24.9. The molecule has 5 heteroatoms. The molecule has 0 fully saturated rings. The van der Waals surface area contributed by atoms with E-state index in [-0.39, 0.29) is 11.7 Å². The fourth-order valence-electron chi connectivity index (χ4n) is 4.16. The van der Waals surface area contributed by atoms with E-state index in [0.29, 0.717) is 17.4 Å². The van der Waals surface area contributed by atoms with Crippen molar-refractivity contribution < 1.29 is 9.59 Å². The summed E-state index contributed by atoms with van der Waals surface area (Å²) in [6.45, 7) is 4.24. The second-order valence-corrected chi connectivity index (χ2v) is 8.53. The molecule has 3 aromatic rings. The molecule has 1 aliphatic rings. The lowest BCUT2D eigenvalue weighted by molar-refractivity contribution is -0.124. The molecule has 32 heavy (non-hydrogen) atoms. The summed E-state index contributed by atoms with van der Waals surface area (Å²) in [5.41, 5.74) is 6.40. The molecular formula is C27H25BrN2O2. The molecule has 0 saturated carbocycles. The van der Waals surface area contributed by atoms with E-state index in [4.69, 9.17) is 0 Å². The zero-order chi connectivity index (χ0) is 22.7. The number of carbonyl (C=O) groups is 2. The quantitative estimate of drug-likeness (QED) is 0.461. The third-order valence-corrected chi connectivity index (χ3v) is 6.24. The number of Topliss-reactive ketones (excluding diaryl/α,β-unsaturated/α-hetero) is 1. The minimum atomic E-state index is -0.700. The van der Waals surface area contributed by atoms with Crippen LogP contribution in [0.15, 0.2) is 84.6 Å². The molecule has 3 aromatic carbocycles. The van der Waals surface area contributed by atoms with E-state index < -0.39 is 6.04 Å². The monoisotopic (exact) mass is 488 g/mol. The Morgan fingerprint density at radius 2 is 1.72 bits per heavy atom. The summed E-state index contributed by atoms with van der Waals surface area (Å²) in [5, 5.41) is 3.51. The van der Waals surface area contributed by atoms with Gasteiger partial charge >= 0.3 is 0 Å². The molecular weight excluding hydrogens is 464 g/mol. The minimum Gasteiger partial charge on any atom is -0.339 e. The molecule has 4 rings (SSSR count). The van der Waals surface area contributed by atoms with Gasteiger partial charge in [0.25, 0.3) is 5.91 Å². The molecule has 0 saturated heterocycles. The summed E-state index contributed by atoms with van der Waals surface area (Å²) < 4.78 is 0. The summed E-state index contributed by atoms with van der Waals surface area (Å²) in [7, 11) is 0. The fraction of sp³-hybridized carbons (Fsp3) is 0.185. The van der Waals surface area contributed by atoms with Crippen molar-refractivity contribution in [2.45, 2.75) is 26.4 Å². The third kappa shape index (κ3) is 4.39. The molecule has 0 spiro atoms. The summed E-state index contributed by atoms with van der Waals surface area (Å²) in [6.07, 6.45) is 0. The molecule has 0 bridgehead atoms. The van der Waals surface area contributed by atoms with Gasteiger partial charge in [-0.15, -0.1) is 0 Å². The van der Waals surface area contributed by atoms with E-state index in [2.05, 4.69) is 57.3 Å². The molecule has 0 aromatic heterocycles. The van der Waals surface area contributed by atoms with Gasteiger partial charge in [-0.05, 0) is 48.2 Å². The lowest BCUT2D eigenvalue weighted by atomic mass is 9.92. The Kier molecular flexibility index (Phi) is 6.56. The van der Waals surface area contributed by atoms with Crippen molar-refractivity contribution in [3.05, 3.63) is 107 Å². The molecule has 0 aliphatic carbocycles. The number of allylic oxidation sites excluding steroid dienone is 1. The van der Waals surface area contributed by atoms with Crippen molar-refractivity contribution in [1.29, 1.82) is 0 Å². The third-order valence-electron chi connectivity index (χ3n) is 5.71. The van der Waals surface area contributed by atoms with Crippen LogP contribution < -0.4 is 10.2 Å². The number of anilines is 1. The first-order chi connectivity index (χ1) is 15.5. The number of halogens is 1. The lowest BCUT2D eigenvalue weighted by Gasteiger charge is -2.35. The first-order valence-electron chi connectivity index (χ1n) is 10.6. The SMILES string of the molecule is CC(=O)[C@@H](NC(=O)C1=C(CBr)N(c2cccc(C)c2)Cc2ccccc21)c1ccccc1. The van der Waals surface area contributed by atoms with Crippen molar-refractivity contribution in [3.8, 4) is 0 Å². The Hall–Kier alpha value is -3.18. The molecule has 1 amide bonds. The Bertz CT molecular complexity index is 1190. The van der Waals surface area contributed by atoms with Gasteiger partial charge in [-0.2, -0.15) is 0 Å². The highest BCUT2D eigenvalue weighted by Crippen LogP contribution is 2.36. The van der Waals surface area contributed by atoms with E-state index in [9.17, 15) is 9.59 Å². The van der Waals surface area contributed by atoms with Crippen LogP contribution in [0.1, 0.15) is 35.2 Å². The number of nitrogens with zero attached hydrogens (tertiary/aromatic N) is 1. The number of ketones is 1. The number of fused-ring (bicyclic) bond motifs is 1. The minimum absolute atomic E-state index is 0.106. The maximum Gasteiger partial charge on any atom is 0.254 e. The van der Waals surface area contributed by atoms with Gasteiger partial charge in [0.1, 0.15) is 6.04 Å². The first-order valence-corrected chi connectivity index (χ1v) is 11.7. The number of rotatable bonds is 6. The van der Waals surface area contributed by atoms with Crippen LogP contribution >= 0.6 is 15.9 Å². The van der Waals surface area contributed by atoms with Crippen molar-refractivity contribution in [2.75, 3.05) is 10.2 Å². The van der Waals surface area contributed by atoms with Gasteiger partial charge in [-0.1, -0.05) is 82.7 Å². The van der Waals surface area contributed by atoms with Gasteiger partial charge in [0.15, 0.2) is 5.78 Å². The predicted molar refractivity (Wildman–Crippen MR) is 133 cm³/mol. The van der Waals surface area contributed by atoms with Gasteiger partial charge < -0.3 is 10.2 Å². The van der Waals surface area contributed by atoms with Crippen LogP contribution in [0.2, 0.25) is 0 Å². The number of hydrogen-bond acceptors (Lipinski definition) is 3. The van der Waals surface area contributed by atoms with E-state index in [1.165, 1.54) is 6.92 Å². The summed E-state index contributed by atoms with van der Waals surface area (Å²) in [4.78, 5) is 28.3. The molecule has 1 aliphatic heterocycles. The molecule has 1 heterocycles. The standard InChI is InChI=1S/C27H25BrN2O2/c1-18-9-8-13-22(15-18)30-17-21-12-6-7-14-23(21)25(24(30)16-28)27(32)29-26(19(2)31)20-10-4-3-5-11-20/h3-15,26H,16-17H2,1-2H3,(H,29,32)/t26-/m1/s1. The molecule has 162 valence electrons. The van der Waals surface area contributed by atoms with Gasteiger partial charge in [-0.3, -0.25) is 9.59 Å². The van der Waals surface area contributed by atoms with Crippen LogP contribution in [-0.4, -0.2) is 17.0 Å². The van der Waals surface area contributed by atoms with E-state index in [0.717, 1.165) is 33.6 Å². The first kappa shape index (κ1) is 22.0. The van der Waals surface area contributed by atoms with Crippen molar-refractivity contribution in [1.82, 2.24) is 5.32 Å². The van der Waals surface area contributed by atoms with Gasteiger partial charge in [0.05, 0.1) is 5.57 Å². The van der Waals surface area contributed by atoms with Crippen molar-refractivity contribution in [2.24, 2.45) is 0 Å². The van der Waals surface area contributed by atoms with Gasteiger partial charge in [0, 0.05) is 23.3 Å². The van der Waals surface area contributed by atoms with E-state index >= 15 is 0 Å². The zero-order valence-electron chi connectivity index (χ0n) is 18.1. The highest BCUT2D eigenvalue weighted by molar-refractivity contribution is 9.09. The molecule has 1 N–H and O–H groups in total. The molecule has 0 unspecified atom stereocenters. The lowest BCUT2D eigenvalue weighted by Crippen LogP contribution is -2.37. The van der Waals surface area contributed by atoms with Crippen molar-refractivity contribution in [3.63, 3.8) is 0 Å². The molecule has 4 nitrogen and oxygen atoms in total. The van der Waals surface area contributed by atoms with Crippen LogP contribution in [-0.2, 0) is 16.1 Å². The number of benzene rings is 3. The Morgan fingerprint density at radius 1 is 1.00 bits per heavy atom. The van der Waals surface area contributed by atoms with Gasteiger partial charge in [-0.25, -0.2) is 0 Å². The van der Waals surface area contributed by atoms with E-state index in [1.807, 2.05) is 54.6 Å². The molecule has 0 radical (unpaired) electrons. The Morgan fingerprint density at radius 3 is 2.41 bits per heavy atom. The maximum absolute atomic E-state index is 13.7. The zero-order valence-corrected chi connectivity index (χ0v) is 19.7. The highest BCUT2D eigenvalue weighted by atomic mass is 79.9. The maximum atomic E-state index is 13.7. The number of amides is 1. The topological polar surface area (TPSA) is 49.4 Å². The van der Waals surface area contributed by atoms with Crippen LogP contribution in [0.5, 0.6) is 0 Å². The highest BCUT2D eigenvalue weighted by Gasteiger charge is 2.31. The summed E-state index contributed by atoms with van der Waals surface area (Å²) >= 11 is 3.62. The number of nitrogens with one attached hydrogen (secondary N) is 1. The van der Waals surface area contributed by atoms with Crippen LogP contribution in [0.3, 0.4) is 0 Å².